The highest BCUT2D eigenvalue weighted by Crippen LogP contribution is 2.17. The minimum absolute atomic E-state index is 0.00306. The lowest BCUT2D eigenvalue weighted by atomic mass is 10.1. The SMILES string of the molecule is NC(Cn1ccnc1)c1cccc(Br)c1. The van der Waals surface area contributed by atoms with E-state index in [9.17, 15) is 0 Å². The Kier molecular flexibility index (Phi) is 3.18. The average molecular weight is 266 g/mol. The van der Waals surface area contributed by atoms with Crippen molar-refractivity contribution in [3.63, 3.8) is 0 Å². The highest BCUT2D eigenvalue weighted by atomic mass is 79.9. The molecule has 15 heavy (non-hydrogen) atoms. The highest BCUT2D eigenvalue weighted by Gasteiger charge is 2.06. The van der Waals surface area contributed by atoms with Crippen LogP contribution in [0.15, 0.2) is 47.5 Å². The average Bonchev–Trinajstić information content (AvgIpc) is 2.70. The molecule has 0 aliphatic rings. The molecule has 0 radical (unpaired) electrons. The summed E-state index contributed by atoms with van der Waals surface area (Å²) in [6.45, 7) is 0.746. The monoisotopic (exact) mass is 265 g/mol. The van der Waals surface area contributed by atoms with Gasteiger partial charge in [-0.2, -0.15) is 0 Å². The molecule has 2 aromatic rings. The van der Waals surface area contributed by atoms with Gasteiger partial charge in [0.2, 0.25) is 0 Å². The first kappa shape index (κ1) is 10.4. The molecule has 1 aromatic carbocycles. The van der Waals surface area contributed by atoms with Gasteiger partial charge < -0.3 is 10.3 Å². The van der Waals surface area contributed by atoms with Crippen molar-refractivity contribution in [2.45, 2.75) is 12.6 Å². The second kappa shape index (κ2) is 4.59. The molecule has 0 spiro atoms. The van der Waals surface area contributed by atoms with Crippen molar-refractivity contribution in [3.8, 4) is 0 Å². The number of benzene rings is 1. The quantitative estimate of drug-likeness (QED) is 0.926. The fourth-order valence-corrected chi connectivity index (χ4v) is 1.88. The zero-order valence-electron chi connectivity index (χ0n) is 8.18. The molecule has 0 saturated carbocycles. The van der Waals surface area contributed by atoms with E-state index in [1.807, 2.05) is 35.0 Å². The van der Waals surface area contributed by atoms with Crippen molar-refractivity contribution < 1.29 is 0 Å². The summed E-state index contributed by atoms with van der Waals surface area (Å²) < 4.78 is 3.03. The van der Waals surface area contributed by atoms with E-state index in [-0.39, 0.29) is 6.04 Å². The molecule has 1 aromatic heterocycles. The van der Waals surface area contributed by atoms with Crippen LogP contribution in [0.25, 0.3) is 0 Å². The Hall–Kier alpha value is -1.13. The van der Waals surface area contributed by atoms with E-state index in [0.717, 1.165) is 16.6 Å². The second-order valence-corrected chi connectivity index (χ2v) is 4.34. The first-order chi connectivity index (χ1) is 7.25. The summed E-state index contributed by atoms with van der Waals surface area (Å²) >= 11 is 3.43. The number of rotatable bonds is 3. The van der Waals surface area contributed by atoms with Gasteiger partial charge in [0, 0.05) is 29.5 Å². The minimum Gasteiger partial charge on any atom is -0.336 e. The number of nitrogens with two attached hydrogens (primary N) is 1. The van der Waals surface area contributed by atoms with Gasteiger partial charge in [0.05, 0.1) is 6.33 Å². The second-order valence-electron chi connectivity index (χ2n) is 3.42. The zero-order chi connectivity index (χ0) is 10.7. The summed E-state index contributed by atoms with van der Waals surface area (Å²) in [5, 5.41) is 0. The summed E-state index contributed by atoms with van der Waals surface area (Å²) in [7, 11) is 0. The van der Waals surface area contributed by atoms with E-state index in [0.29, 0.717) is 0 Å². The first-order valence-electron chi connectivity index (χ1n) is 4.72. The van der Waals surface area contributed by atoms with Crippen molar-refractivity contribution in [2.24, 2.45) is 5.73 Å². The Bertz CT molecular complexity index is 425. The number of nitrogens with zero attached hydrogens (tertiary/aromatic N) is 2. The zero-order valence-corrected chi connectivity index (χ0v) is 9.76. The Morgan fingerprint density at radius 1 is 1.47 bits per heavy atom. The third-order valence-electron chi connectivity index (χ3n) is 2.24. The molecule has 0 amide bonds. The summed E-state index contributed by atoms with van der Waals surface area (Å²) in [5.74, 6) is 0. The van der Waals surface area contributed by atoms with Gasteiger partial charge in [-0.05, 0) is 17.7 Å². The van der Waals surface area contributed by atoms with Gasteiger partial charge in [0.15, 0.2) is 0 Å². The van der Waals surface area contributed by atoms with E-state index in [1.54, 1.807) is 12.5 Å². The number of aromatic nitrogens is 2. The van der Waals surface area contributed by atoms with Crippen molar-refractivity contribution in [1.29, 1.82) is 0 Å². The molecule has 0 fully saturated rings. The molecule has 0 bridgehead atoms. The summed E-state index contributed by atoms with van der Waals surface area (Å²) in [6, 6.07) is 8.06. The van der Waals surface area contributed by atoms with Crippen molar-refractivity contribution >= 4 is 15.9 Å². The molecular formula is C11H12BrN3. The number of hydrogen-bond donors (Lipinski definition) is 1. The molecule has 0 saturated heterocycles. The summed E-state index contributed by atoms with van der Waals surface area (Å²) in [6.07, 6.45) is 5.45. The first-order valence-corrected chi connectivity index (χ1v) is 5.52. The molecule has 1 unspecified atom stereocenters. The smallest absolute Gasteiger partial charge is 0.0946 e. The van der Waals surface area contributed by atoms with Crippen LogP contribution in [0, 0.1) is 0 Å². The van der Waals surface area contributed by atoms with Crippen LogP contribution in [-0.2, 0) is 6.54 Å². The van der Waals surface area contributed by atoms with Crippen molar-refractivity contribution in [1.82, 2.24) is 9.55 Å². The lowest BCUT2D eigenvalue weighted by Gasteiger charge is -2.12. The predicted molar refractivity (Wildman–Crippen MR) is 63.3 cm³/mol. The lowest BCUT2D eigenvalue weighted by Crippen LogP contribution is -2.16. The van der Waals surface area contributed by atoms with Crippen LogP contribution in [0.4, 0.5) is 0 Å². The number of halogens is 1. The van der Waals surface area contributed by atoms with Crippen LogP contribution < -0.4 is 5.73 Å². The van der Waals surface area contributed by atoms with E-state index in [2.05, 4.69) is 20.9 Å². The summed E-state index contributed by atoms with van der Waals surface area (Å²) in [5.41, 5.74) is 7.21. The fraction of sp³-hybridized carbons (Fsp3) is 0.182. The van der Waals surface area contributed by atoms with Gasteiger partial charge in [0.25, 0.3) is 0 Å². The van der Waals surface area contributed by atoms with Crippen molar-refractivity contribution in [2.75, 3.05) is 0 Å². The Morgan fingerprint density at radius 2 is 2.33 bits per heavy atom. The van der Waals surface area contributed by atoms with Crippen LogP contribution in [0.2, 0.25) is 0 Å². The topological polar surface area (TPSA) is 43.8 Å². The van der Waals surface area contributed by atoms with Crippen LogP contribution in [0.3, 0.4) is 0 Å². The molecule has 0 aliphatic carbocycles. The number of imidazole rings is 1. The Labute approximate surface area is 97.1 Å². The normalized spacial score (nSPS) is 12.7. The molecule has 4 heteroatoms. The third kappa shape index (κ3) is 2.67. The Morgan fingerprint density at radius 3 is 3.00 bits per heavy atom. The molecular weight excluding hydrogens is 254 g/mol. The van der Waals surface area contributed by atoms with Crippen LogP contribution >= 0.6 is 15.9 Å². The molecule has 0 aliphatic heterocycles. The van der Waals surface area contributed by atoms with E-state index < -0.39 is 0 Å². The molecule has 2 rings (SSSR count). The van der Waals surface area contributed by atoms with Crippen LogP contribution in [-0.4, -0.2) is 9.55 Å². The highest BCUT2D eigenvalue weighted by molar-refractivity contribution is 9.10. The van der Waals surface area contributed by atoms with E-state index >= 15 is 0 Å². The molecule has 2 N–H and O–H groups in total. The van der Waals surface area contributed by atoms with E-state index in [1.165, 1.54) is 0 Å². The summed E-state index contributed by atoms with van der Waals surface area (Å²) in [4.78, 5) is 3.98. The van der Waals surface area contributed by atoms with Gasteiger partial charge in [-0.1, -0.05) is 28.1 Å². The standard InChI is InChI=1S/C11H12BrN3/c12-10-3-1-2-9(6-10)11(13)7-15-5-4-14-8-15/h1-6,8,11H,7,13H2. The van der Waals surface area contributed by atoms with Crippen LogP contribution in [0.1, 0.15) is 11.6 Å². The lowest BCUT2D eigenvalue weighted by molar-refractivity contribution is 0.576. The Balaban J connectivity index is 2.11. The molecule has 1 atom stereocenters. The maximum Gasteiger partial charge on any atom is 0.0946 e. The predicted octanol–water partition coefficient (Wildman–Crippen LogP) is 2.35. The molecule has 1 heterocycles. The third-order valence-corrected chi connectivity index (χ3v) is 2.74. The molecule has 78 valence electrons. The van der Waals surface area contributed by atoms with Crippen LogP contribution in [0.5, 0.6) is 0 Å². The number of hydrogen-bond acceptors (Lipinski definition) is 2. The van der Waals surface area contributed by atoms with Gasteiger partial charge in [-0.25, -0.2) is 4.98 Å². The maximum atomic E-state index is 6.09. The van der Waals surface area contributed by atoms with Gasteiger partial charge in [-0.3, -0.25) is 0 Å². The largest absolute Gasteiger partial charge is 0.336 e. The molecule has 3 nitrogen and oxygen atoms in total. The van der Waals surface area contributed by atoms with Gasteiger partial charge in [-0.15, -0.1) is 0 Å². The van der Waals surface area contributed by atoms with Crippen molar-refractivity contribution in [3.05, 3.63) is 53.0 Å². The van der Waals surface area contributed by atoms with Gasteiger partial charge >= 0.3 is 0 Å². The van der Waals surface area contributed by atoms with Gasteiger partial charge in [0.1, 0.15) is 0 Å². The van der Waals surface area contributed by atoms with E-state index in [4.69, 9.17) is 5.73 Å². The fourth-order valence-electron chi connectivity index (χ4n) is 1.46. The minimum atomic E-state index is -0.00306. The maximum absolute atomic E-state index is 6.09.